The minimum Gasteiger partial charge on any atom is -0.344 e. The van der Waals surface area contributed by atoms with Crippen LogP contribution < -0.4 is 10.6 Å². The van der Waals surface area contributed by atoms with Crippen molar-refractivity contribution in [3.8, 4) is 0 Å². The zero-order valence-electron chi connectivity index (χ0n) is 18.0. The molecule has 30 heavy (non-hydrogen) atoms. The Bertz CT molecular complexity index is 1010. The predicted molar refractivity (Wildman–Crippen MR) is 128 cm³/mol. The summed E-state index contributed by atoms with van der Waals surface area (Å²) in [4.78, 5) is 17.2. The van der Waals surface area contributed by atoms with E-state index in [1.54, 1.807) is 12.2 Å². The molecule has 0 saturated heterocycles. The Morgan fingerprint density at radius 3 is 2.47 bits per heavy atom. The van der Waals surface area contributed by atoms with E-state index in [9.17, 15) is 4.79 Å². The van der Waals surface area contributed by atoms with Crippen LogP contribution in [0.25, 0.3) is 0 Å². The lowest BCUT2D eigenvalue weighted by Gasteiger charge is -2.11. The third-order valence-corrected chi connectivity index (χ3v) is 4.53. The van der Waals surface area contributed by atoms with E-state index < -0.39 is 0 Å². The highest BCUT2D eigenvalue weighted by atomic mass is 16.1. The summed E-state index contributed by atoms with van der Waals surface area (Å²) < 4.78 is 0. The van der Waals surface area contributed by atoms with Gasteiger partial charge in [-0.15, -0.1) is 0 Å². The van der Waals surface area contributed by atoms with Crippen LogP contribution in [0.1, 0.15) is 35.3 Å². The molecule has 2 rings (SSSR count). The molecule has 4 heteroatoms. The van der Waals surface area contributed by atoms with Gasteiger partial charge in [0, 0.05) is 16.9 Å². The fourth-order valence-electron chi connectivity index (χ4n) is 2.69. The fourth-order valence-corrected chi connectivity index (χ4v) is 2.69. The Morgan fingerprint density at radius 1 is 1.13 bits per heavy atom. The lowest BCUT2D eigenvalue weighted by Crippen LogP contribution is -2.19. The molecule has 0 unspecified atom stereocenters. The van der Waals surface area contributed by atoms with E-state index in [1.165, 1.54) is 5.56 Å². The van der Waals surface area contributed by atoms with E-state index in [2.05, 4.69) is 42.3 Å². The van der Waals surface area contributed by atoms with Crippen molar-refractivity contribution in [1.82, 2.24) is 5.32 Å². The third kappa shape index (κ3) is 6.45. The zero-order chi connectivity index (χ0) is 22.1. The molecule has 0 atom stereocenters. The van der Waals surface area contributed by atoms with Crippen LogP contribution in [0.3, 0.4) is 0 Å². The van der Waals surface area contributed by atoms with Crippen molar-refractivity contribution in [2.24, 2.45) is 4.99 Å². The average Bonchev–Trinajstić information content (AvgIpc) is 2.74. The summed E-state index contributed by atoms with van der Waals surface area (Å²) in [5, 5.41) is 6.08. The molecule has 0 saturated carbocycles. The van der Waals surface area contributed by atoms with E-state index in [-0.39, 0.29) is 5.91 Å². The normalized spacial score (nSPS) is 11.2. The molecule has 2 aromatic carbocycles. The molecular weight excluding hydrogens is 370 g/mol. The Labute approximate surface area is 179 Å². The molecule has 0 aliphatic rings. The number of amidine groups is 1. The fraction of sp³-hybridized carbons (Fsp3) is 0.154. The number of benzene rings is 2. The average molecular weight is 400 g/mol. The molecule has 0 aliphatic heterocycles. The van der Waals surface area contributed by atoms with Crippen molar-refractivity contribution in [3.63, 3.8) is 0 Å². The van der Waals surface area contributed by atoms with Crippen molar-refractivity contribution < 1.29 is 4.79 Å². The number of aliphatic imine (C=N–C) groups is 1. The van der Waals surface area contributed by atoms with Crippen molar-refractivity contribution in [3.05, 3.63) is 108 Å². The molecule has 0 heterocycles. The number of carbonyl (C=O) groups is 1. The quantitative estimate of drug-likeness (QED) is 0.313. The monoisotopic (exact) mass is 399 g/mol. The highest BCUT2D eigenvalue weighted by Gasteiger charge is 2.08. The van der Waals surface area contributed by atoms with Gasteiger partial charge in [0.05, 0.1) is 5.69 Å². The molecule has 2 N–H and O–H groups in total. The Hall–Kier alpha value is -3.66. The van der Waals surface area contributed by atoms with Gasteiger partial charge in [-0.2, -0.15) is 0 Å². The SMILES string of the molecule is C=C/C=C\C(=C)C(=C)NC(C)=Nc1cc(NC(=O)c2ccc(CC)cc2)ccc1C. The maximum atomic E-state index is 12.5. The first-order valence-electron chi connectivity index (χ1n) is 9.84. The lowest BCUT2D eigenvalue weighted by molar-refractivity contribution is 0.102. The van der Waals surface area contributed by atoms with Crippen molar-refractivity contribution in [2.75, 3.05) is 5.32 Å². The van der Waals surface area contributed by atoms with Crippen LogP contribution >= 0.6 is 0 Å². The highest BCUT2D eigenvalue weighted by Crippen LogP contribution is 2.24. The third-order valence-electron chi connectivity index (χ3n) is 4.53. The van der Waals surface area contributed by atoms with Crippen LogP contribution in [0, 0.1) is 6.92 Å². The number of allylic oxidation sites excluding steroid dienone is 3. The number of nitrogens with zero attached hydrogens (tertiary/aromatic N) is 1. The van der Waals surface area contributed by atoms with Gasteiger partial charge in [0.2, 0.25) is 0 Å². The van der Waals surface area contributed by atoms with E-state index in [4.69, 9.17) is 0 Å². The smallest absolute Gasteiger partial charge is 0.255 e. The Balaban J connectivity index is 2.13. The van der Waals surface area contributed by atoms with Gasteiger partial charge < -0.3 is 10.6 Å². The molecule has 154 valence electrons. The number of nitrogens with one attached hydrogen (secondary N) is 2. The number of anilines is 1. The van der Waals surface area contributed by atoms with Crippen molar-refractivity contribution >= 4 is 23.1 Å². The summed E-state index contributed by atoms with van der Waals surface area (Å²) in [5.41, 5.74) is 5.68. The van der Waals surface area contributed by atoms with Gasteiger partial charge in [0.15, 0.2) is 0 Å². The maximum Gasteiger partial charge on any atom is 0.255 e. The molecule has 2 aromatic rings. The summed E-state index contributed by atoms with van der Waals surface area (Å²) >= 11 is 0. The summed E-state index contributed by atoms with van der Waals surface area (Å²) in [5.74, 6) is 0.528. The maximum absolute atomic E-state index is 12.5. The van der Waals surface area contributed by atoms with Gasteiger partial charge in [0.1, 0.15) is 5.84 Å². The predicted octanol–water partition coefficient (Wildman–Crippen LogP) is 6.26. The molecular formula is C26H29N3O. The molecule has 4 nitrogen and oxygen atoms in total. The van der Waals surface area contributed by atoms with Crippen molar-refractivity contribution in [2.45, 2.75) is 27.2 Å². The molecule has 0 bridgehead atoms. The Kier molecular flexibility index (Phi) is 8.12. The molecule has 1 amide bonds. The van der Waals surface area contributed by atoms with Gasteiger partial charge in [-0.3, -0.25) is 4.79 Å². The van der Waals surface area contributed by atoms with Gasteiger partial charge in [-0.1, -0.05) is 63.1 Å². The van der Waals surface area contributed by atoms with Crippen LogP contribution in [-0.4, -0.2) is 11.7 Å². The van der Waals surface area contributed by atoms with E-state index >= 15 is 0 Å². The van der Waals surface area contributed by atoms with Crippen molar-refractivity contribution in [1.29, 1.82) is 0 Å². The minimum atomic E-state index is -0.148. The molecule has 0 spiro atoms. The van der Waals surface area contributed by atoms with Gasteiger partial charge in [0.25, 0.3) is 5.91 Å². The first-order chi connectivity index (χ1) is 14.3. The van der Waals surface area contributed by atoms with Crippen LogP contribution in [0.5, 0.6) is 0 Å². The second kappa shape index (κ2) is 10.8. The number of amides is 1. The number of hydrogen-bond donors (Lipinski definition) is 2. The van der Waals surface area contributed by atoms with E-state index in [1.807, 2.05) is 62.4 Å². The second-order valence-electron chi connectivity index (χ2n) is 6.93. The summed E-state index contributed by atoms with van der Waals surface area (Å²) in [6, 6.07) is 13.3. The highest BCUT2D eigenvalue weighted by molar-refractivity contribution is 6.04. The molecule has 0 fully saturated rings. The van der Waals surface area contributed by atoms with Gasteiger partial charge in [-0.25, -0.2) is 4.99 Å². The second-order valence-corrected chi connectivity index (χ2v) is 6.93. The largest absolute Gasteiger partial charge is 0.344 e. The number of carbonyl (C=O) groups excluding carboxylic acids is 1. The molecule has 0 aliphatic carbocycles. The molecule has 0 aromatic heterocycles. The number of rotatable bonds is 8. The summed E-state index contributed by atoms with van der Waals surface area (Å²) in [7, 11) is 0. The Morgan fingerprint density at radius 2 is 1.83 bits per heavy atom. The topological polar surface area (TPSA) is 53.5 Å². The minimum absolute atomic E-state index is 0.148. The van der Waals surface area contributed by atoms with Crippen LogP contribution in [-0.2, 0) is 6.42 Å². The standard InChI is InChI=1S/C26H29N3O/c1-7-9-10-18(3)20(5)27-21(6)28-25-17-24(16-11-19(25)4)29-26(30)23-14-12-22(8-2)13-15-23/h7,9-17H,1,3,5,8H2,2,4,6H3,(H,27,28)(H,29,30)/b10-9-. The summed E-state index contributed by atoms with van der Waals surface area (Å²) in [6.07, 6.45) is 6.25. The first-order valence-corrected chi connectivity index (χ1v) is 9.84. The summed E-state index contributed by atoms with van der Waals surface area (Å²) in [6.45, 7) is 17.5. The number of aryl methyl sites for hydroxylation is 2. The van der Waals surface area contributed by atoms with Crippen LogP contribution in [0.2, 0.25) is 0 Å². The van der Waals surface area contributed by atoms with Crippen LogP contribution in [0.15, 0.2) is 96.7 Å². The van der Waals surface area contributed by atoms with E-state index in [0.717, 1.165) is 23.2 Å². The number of hydrogen-bond acceptors (Lipinski definition) is 2. The van der Waals surface area contributed by atoms with E-state index in [0.29, 0.717) is 22.8 Å². The van der Waals surface area contributed by atoms with Gasteiger partial charge in [-0.05, 0) is 61.2 Å². The zero-order valence-corrected chi connectivity index (χ0v) is 18.0. The van der Waals surface area contributed by atoms with Crippen LogP contribution in [0.4, 0.5) is 11.4 Å². The lowest BCUT2D eigenvalue weighted by atomic mass is 10.1. The first kappa shape index (κ1) is 22.6. The molecule has 0 radical (unpaired) electrons. The van der Waals surface area contributed by atoms with Gasteiger partial charge >= 0.3 is 0 Å².